The van der Waals surface area contributed by atoms with Crippen molar-refractivity contribution in [2.24, 2.45) is 0 Å². The second-order valence-corrected chi connectivity index (χ2v) is 3.11. The molecule has 0 spiro atoms. The van der Waals surface area contributed by atoms with Gasteiger partial charge in [-0.2, -0.15) is 0 Å². The molecule has 8 nitrogen and oxygen atoms in total. The van der Waals surface area contributed by atoms with Crippen molar-refractivity contribution >= 4 is 0 Å². The summed E-state index contributed by atoms with van der Waals surface area (Å²) in [6, 6.07) is 0. The molecule has 1 fully saturated rings. The molecule has 0 aromatic carbocycles. The molecule has 0 aliphatic carbocycles. The van der Waals surface area contributed by atoms with Crippen LogP contribution in [-0.4, -0.2) is 72.4 Å². The molecule has 1 aliphatic heterocycles. The summed E-state index contributed by atoms with van der Waals surface area (Å²) < 4.78 is 4.17. The molecule has 0 aromatic heterocycles. The van der Waals surface area contributed by atoms with Crippen molar-refractivity contribution in [2.45, 2.75) is 30.1 Å². The van der Waals surface area contributed by atoms with E-state index in [9.17, 15) is 0 Å². The van der Waals surface area contributed by atoms with Crippen molar-refractivity contribution in [2.75, 3.05) is 6.61 Å². The molecule has 3 atom stereocenters. The first-order valence-corrected chi connectivity index (χ1v) is 3.78. The lowest BCUT2D eigenvalue weighted by atomic mass is 9.94. The van der Waals surface area contributed by atoms with E-state index in [2.05, 4.69) is 4.74 Å². The lowest BCUT2D eigenvalue weighted by Gasteiger charge is -2.46. The summed E-state index contributed by atoms with van der Waals surface area (Å²) in [5.74, 6) is -6.89. The number of aliphatic hydroxyl groups is 7. The molecule has 1 rings (SSSR count). The minimum atomic E-state index is -3.46. The molecule has 1 unspecified atom stereocenters. The minimum Gasteiger partial charge on any atom is -0.394 e. The average Bonchev–Trinajstić information content (AvgIpc) is 2.09. The monoisotopic (exact) mass is 212 g/mol. The number of hydrogen-bond acceptors (Lipinski definition) is 8. The topological polar surface area (TPSA) is 151 Å². The fourth-order valence-corrected chi connectivity index (χ4v) is 1.15. The Bertz CT molecular complexity index is 214. The number of rotatable bonds is 1. The third-order valence-corrected chi connectivity index (χ3v) is 2.09. The zero-order chi connectivity index (χ0) is 11.1. The van der Waals surface area contributed by atoms with Crippen LogP contribution >= 0.6 is 0 Å². The highest BCUT2D eigenvalue weighted by Crippen LogP contribution is 2.32. The minimum absolute atomic E-state index is 0.822. The van der Waals surface area contributed by atoms with Crippen LogP contribution in [0.4, 0.5) is 0 Å². The SMILES string of the molecule is OCC1OC(O)(O)C(O)(O)[C@H](O)[C@@H]1O. The Kier molecular flexibility index (Phi) is 2.82. The van der Waals surface area contributed by atoms with Crippen LogP contribution < -0.4 is 0 Å². The largest absolute Gasteiger partial charge is 0.394 e. The summed E-state index contributed by atoms with van der Waals surface area (Å²) >= 11 is 0. The van der Waals surface area contributed by atoms with Crippen molar-refractivity contribution in [1.82, 2.24) is 0 Å². The summed E-state index contributed by atoms with van der Waals surface area (Å²) in [5.41, 5.74) is 0. The summed E-state index contributed by atoms with van der Waals surface area (Å²) in [5, 5.41) is 62.7. The highest BCUT2D eigenvalue weighted by atomic mass is 16.8. The maximum atomic E-state index is 9.13. The molecule has 1 heterocycles. The smallest absolute Gasteiger partial charge is 0.338 e. The molecule has 0 saturated carbocycles. The van der Waals surface area contributed by atoms with Gasteiger partial charge in [0, 0.05) is 0 Å². The first-order chi connectivity index (χ1) is 6.24. The zero-order valence-corrected chi connectivity index (χ0v) is 6.98. The van der Waals surface area contributed by atoms with Crippen LogP contribution in [0.15, 0.2) is 0 Å². The Morgan fingerprint density at radius 3 is 2.00 bits per heavy atom. The van der Waals surface area contributed by atoms with E-state index < -0.39 is 36.7 Å². The molecule has 0 amide bonds. The van der Waals surface area contributed by atoms with Crippen molar-refractivity contribution in [3.63, 3.8) is 0 Å². The summed E-state index contributed by atoms with van der Waals surface area (Å²) in [6.45, 7) is -0.822. The van der Waals surface area contributed by atoms with Crippen molar-refractivity contribution in [3.8, 4) is 0 Å². The molecule has 1 aliphatic rings. The van der Waals surface area contributed by atoms with Crippen LogP contribution in [-0.2, 0) is 4.74 Å². The number of hydrogen-bond donors (Lipinski definition) is 7. The summed E-state index contributed by atoms with van der Waals surface area (Å²) in [6.07, 6.45) is -5.64. The molecular weight excluding hydrogens is 200 g/mol. The maximum absolute atomic E-state index is 9.13. The van der Waals surface area contributed by atoms with Gasteiger partial charge in [0.25, 0.3) is 5.79 Å². The van der Waals surface area contributed by atoms with Gasteiger partial charge in [-0.05, 0) is 0 Å². The van der Waals surface area contributed by atoms with Crippen LogP contribution in [0.25, 0.3) is 0 Å². The fourth-order valence-electron chi connectivity index (χ4n) is 1.15. The molecule has 0 bridgehead atoms. The first-order valence-electron chi connectivity index (χ1n) is 3.78. The predicted octanol–water partition coefficient (Wildman–Crippen LogP) is -4.58. The van der Waals surface area contributed by atoms with E-state index in [0.717, 1.165) is 0 Å². The van der Waals surface area contributed by atoms with Crippen molar-refractivity contribution < 1.29 is 40.5 Å². The third kappa shape index (κ3) is 1.51. The highest BCUT2D eigenvalue weighted by Gasteiger charge is 2.63. The zero-order valence-electron chi connectivity index (χ0n) is 6.98. The summed E-state index contributed by atoms with van der Waals surface area (Å²) in [4.78, 5) is 0. The van der Waals surface area contributed by atoms with E-state index in [1.807, 2.05) is 0 Å². The van der Waals surface area contributed by atoms with Gasteiger partial charge in [-0.1, -0.05) is 0 Å². The fraction of sp³-hybridized carbons (Fsp3) is 1.00. The van der Waals surface area contributed by atoms with E-state index in [1.54, 1.807) is 0 Å². The maximum Gasteiger partial charge on any atom is 0.338 e. The van der Waals surface area contributed by atoms with E-state index in [4.69, 9.17) is 35.7 Å². The molecule has 1 saturated heterocycles. The van der Waals surface area contributed by atoms with Crippen LogP contribution in [0.1, 0.15) is 0 Å². The lowest BCUT2D eigenvalue weighted by Crippen LogP contribution is -2.73. The summed E-state index contributed by atoms with van der Waals surface area (Å²) in [7, 11) is 0. The van der Waals surface area contributed by atoms with Crippen LogP contribution in [0.3, 0.4) is 0 Å². The lowest BCUT2D eigenvalue weighted by molar-refractivity contribution is -0.515. The van der Waals surface area contributed by atoms with Gasteiger partial charge >= 0.3 is 5.97 Å². The third-order valence-electron chi connectivity index (χ3n) is 2.09. The number of ether oxygens (including phenoxy) is 1. The van der Waals surface area contributed by atoms with Crippen molar-refractivity contribution in [3.05, 3.63) is 0 Å². The molecule has 0 aromatic rings. The Morgan fingerprint density at radius 1 is 1.07 bits per heavy atom. The molecule has 84 valence electrons. The molecule has 14 heavy (non-hydrogen) atoms. The Morgan fingerprint density at radius 2 is 1.57 bits per heavy atom. The van der Waals surface area contributed by atoms with Crippen LogP contribution in [0.2, 0.25) is 0 Å². The second kappa shape index (κ2) is 3.36. The Labute approximate surface area is 78.2 Å². The highest BCUT2D eigenvalue weighted by molar-refractivity contribution is 4.96. The second-order valence-electron chi connectivity index (χ2n) is 3.11. The van der Waals surface area contributed by atoms with Gasteiger partial charge in [-0.3, -0.25) is 0 Å². The Balaban J connectivity index is 2.95. The molecular formula is C6H12O8. The number of aliphatic hydroxyl groups excluding tert-OH is 3. The first kappa shape index (κ1) is 11.8. The average molecular weight is 212 g/mol. The van der Waals surface area contributed by atoms with E-state index in [0.29, 0.717) is 0 Å². The van der Waals surface area contributed by atoms with Crippen LogP contribution in [0.5, 0.6) is 0 Å². The quantitative estimate of drug-likeness (QED) is 0.214. The van der Waals surface area contributed by atoms with Crippen LogP contribution in [0, 0.1) is 0 Å². The Hall–Kier alpha value is -0.320. The van der Waals surface area contributed by atoms with E-state index in [-0.39, 0.29) is 0 Å². The van der Waals surface area contributed by atoms with E-state index >= 15 is 0 Å². The van der Waals surface area contributed by atoms with Gasteiger partial charge in [0.15, 0.2) is 0 Å². The van der Waals surface area contributed by atoms with E-state index in [1.165, 1.54) is 0 Å². The van der Waals surface area contributed by atoms with Gasteiger partial charge in [-0.15, -0.1) is 0 Å². The van der Waals surface area contributed by atoms with Crippen molar-refractivity contribution in [1.29, 1.82) is 0 Å². The van der Waals surface area contributed by atoms with Gasteiger partial charge < -0.3 is 40.5 Å². The standard InChI is InChI=1S/C6H12O8/c7-1-2-3(8)4(9)5(10,11)6(12,13)14-2/h2-4,7-13H,1H2/t2?,3-,4-/m1/s1. The molecule has 8 heteroatoms. The molecule has 0 radical (unpaired) electrons. The van der Waals surface area contributed by atoms with Gasteiger partial charge in [0.2, 0.25) is 0 Å². The van der Waals surface area contributed by atoms with Gasteiger partial charge in [-0.25, -0.2) is 0 Å². The normalized spacial score (nSPS) is 40.9. The van der Waals surface area contributed by atoms with Gasteiger partial charge in [0.05, 0.1) is 6.61 Å². The van der Waals surface area contributed by atoms with Gasteiger partial charge in [0.1, 0.15) is 18.3 Å². The predicted molar refractivity (Wildman–Crippen MR) is 38.3 cm³/mol. The molecule has 7 N–H and O–H groups in total.